The summed E-state index contributed by atoms with van der Waals surface area (Å²) in [4.78, 5) is 24.4. The Morgan fingerprint density at radius 2 is 1.92 bits per heavy atom. The summed E-state index contributed by atoms with van der Waals surface area (Å²) in [7, 11) is 1.51. The Morgan fingerprint density at radius 1 is 1.17 bits per heavy atom. The van der Waals surface area contributed by atoms with Crippen molar-refractivity contribution >= 4 is 28.4 Å². The van der Waals surface area contributed by atoms with E-state index in [1.165, 1.54) is 43.0 Å². The summed E-state index contributed by atoms with van der Waals surface area (Å²) in [6, 6.07) is 11.0. The molecule has 0 radical (unpaired) electrons. The number of nitrogens with zero attached hydrogens (tertiary/aromatic N) is 1. The number of para-hydroxylation sites is 2. The third-order valence-corrected chi connectivity index (χ3v) is 3.71. The maximum atomic E-state index is 13.5. The van der Waals surface area contributed by atoms with Gasteiger partial charge in [-0.05, 0) is 30.3 Å². The highest BCUT2D eigenvalue weighted by atomic mass is 19.1. The molecule has 6 heteroatoms. The molecule has 0 aliphatic rings. The van der Waals surface area contributed by atoms with E-state index in [9.17, 15) is 14.0 Å². The molecule has 0 saturated heterocycles. The van der Waals surface area contributed by atoms with E-state index in [0.717, 1.165) is 0 Å². The molecule has 1 N–H and O–H groups in total. The average molecular weight is 326 g/mol. The summed E-state index contributed by atoms with van der Waals surface area (Å²) in [6.07, 6.45) is 1.41. The highest BCUT2D eigenvalue weighted by Crippen LogP contribution is 2.27. The molecule has 0 spiro atoms. The van der Waals surface area contributed by atoms with Crippen LogP contribution >= 0.6 is 0 Å². The van der Waals surface area contributed by atoms with Crippen molar-refractivity contribution in [3.05, 3.63) is 60.0 Å². The van der Waals surface area contributed by atoms with Crippen molar-refractivity contribution in [3.63, 3.8) is 0 Å². The van der Waals surface area contributed by atoms with Gasteiger partial charge in [0.25, 0.3) is 5.91 Å². The Morgan fingerprint density at radius 3 is 2.62 bits per heavy atom. The summed E-state index contributed by atoms with van der Waals surface area (Å²) >= 11 is 0. The zero-order valence-corrected chi connectivity index (χ0v) is 13.2. The minimum Gasteiger partial charge on any atom is -0.495 e. The lowest BCUT2D eigenvalue weighted by Crippen LogP contribution is -2.12. The van der Waals surface area contributed by atoms with Crippen LogP contribution in [0.15, 0.2) is 48.7 Å². The number of halogens is 1. The first-order valence-corrected chi connectivity index (χ1v) is 7.27. The number of carbonyl (C=O) groups is 2. The van der Waals surface area contributed by atoms with Crippen molar-refractivity contribution < 1.29 is 18.7 Å². The molecule has 0 bridgehead atoms. The summed E-state index contributed by atoms with van der Waals surface area (Å²) < 4.78 is 20.0. The van der Waals surface area contributed by atoms with Crippen molar-refractivity contribution in [3.8, 4) is 5.75 Å². The van der Waals surface area contributed by atoms with Gasteiger partial charge >= 0.3 is 0 Å². The highest BCUT2D eigenvalue weighted by Gasteiger charge is 2.18. The lowest BCUT2D eigenvalue weighted by molar-refractivity contribution is 0.0941. The van der Waals surface area contributed by atoms with Crippen LogP contribution in [-0.4, -0.2) is 23.5 Å². The van der Waals surface area contributed by atoms with Gasteiger partial charge in [0.05, 0.1) is 23.9 Å². The van der Waals surface area contributed by atoms with Crippen LogP contribution < -0.4 is 10.1 Å². The number of methoxy groups -OCH3 is 1. The predicted octanol–water partition coefficient (Wildman–Crippen LogP) is 3.70. The number of hydrogen-bond donors (Lipinski definition) is 1. The van der Waals surface area contributed by atoms with Gasteiger partial charge in [-0.2, -0.15) is 0 Å². The number of rotatable bonds is 3. The van der Waals surface area contributed by atoms with Gasteiger partial charge in [-0.1, -0.05) is 12.1 Å². The number of ether oxygens (including phenoxy) is 1. The number of amides is 1. The lowest BCUT2D eigenvalue weighted by Gasteiger charge is -2.09. The number of carbonyl (C=O) groups excluding carboxylic acids is 2. The number of fused-ring (bicyclic) bond motifs is 1. The molecule has 3 aromatic rings. The van der Waals surface area contributed by atoms with Gasteiger partial charge in [0, 0.05) is 18.5 Å². The van der Waals surface area contributed by atoms with Gasteiger partial charge in [0.1, 0.15) is 11.6 Å². The van der Waals surface area contributed by atoms with E-state index in [0.29, 0.717) is 22.3 Å². The minimum absolute atomic E-state index is 0.283. The molecular weight excluding hydrogens is 311 g/mol. The van der Waals surface area contributed by atoms with Gasteiger partial charge in [0.15, 0.2) is 0 Å². The predicted molar refractivity (Wildman–Crippen MR) is 89.1 cm³/mol. The van der Waals surface area contributed by atoms with Crippen LogP contribution in [0.25, 0.3) is 10.9 Å². The van der Waals surface area contributed by atoms with Crippen molar-refractivity contribution in [1.29, 1.82) is 0 Å². The number of benzene rings is 2. The molecular formula is C18H15FN2O3. The molecule has 1 amide bonds. The molecule has 24 heavy (non-hydrogen) atoms. The van der Waals surface area contributed by atoms with Crippen molar-refractivity contribution in [2.75, 3.05) is 12.4 Å². The van der Waals surface area contributed by atoms with Gasteiger partial charge in [0.2, 0.25) is 5.91 Å². The fourth-order valence-corrected chi connectivity index (χ4v) is 2.58. The first-order valence-electron chi connectivity index (χ1n) is 7.27. The second kappa shape index (κ2) is 6.16. The Kier molecular flexibility index (Phi) is 4.04. The Balaban J connectivity index is 2.06. The Bertz CT molecular complexity index is 947. The Labute approximate surface area is 137 Å². The largest absolute Gasteiger partial charge is 0.495 e. The number of aromatic nitrogens is 1. The molecule has 1 aromatic heterocycles. The second-order valence-electron chi connectivity index (χ2n) is 5.25. The van der Waals surface area contributed by atoms with Crippen LogP contribution in [0.3, 0.4) is 0 Å². The van der Waals surface area contributed by atoms with Crippen LogP contribution in [0.4, 0.5) is 10.1 Å². The van der Waals surface area contributed by atoms with E-state index in [2.05, 4.69) is 5.32 Å². The summed E-state index contributed by atoms with van der Waals surface area (Å²) in [6.45, 7) is 1.35. The number of nitrogens with one attached hydrogen (secondary N) is 1. The normalized spacial score (nSPS) is 10.6. The SMILES string of the molecule is COc1ccccc1NC(=O)c1cn(C(C)=O)c2cc(F)ccc12. The third-order valence-electron chi connectivity index (χ3n) is 3.71. The van der Waals surface area contributed by atoms with Crippen molar-refractivity contribution in [2.24, 2.45) is 0 Å². The summed E-state index contributed by atoms with van der Waals surface area (Å²) in [5.41, 5.74) is 1.15. The molecule has 0 atom stereocenters. The molecule has 0 fully saturated rings. The van der Waals surface area contributed by atoms with Crippen LogP contribution in [0.1, 0.15) is 22.1 Å². The molecule has 0 unspecified atom stereocenters. The first kappa shape index (κ1) is 15.7. The Hall–Kier alpha value is -3.15. The fourth-order valence-electron chi connectivity index (χ4n) is 2.58. The van der Waals surface area contributed by atoms with Gasteiger partial charge in [-0.25, -0.2) is 4.39 Å². The molecule has 122 valence electrons. The van der Waals surface area contributed by atoms with Crippen molar-refractivity contribution in [2.45, 2.75) is 6.92 Å². The van der Waals surface area contributed by atoms with E-state index >= 15 is 0 Å². The molecule has 0 aliphatic heterocycles. The molecule has 0 aliphatic carbocycles. The molecule has 2 aromatic carbocycles. The fraction of sp³-hybridized carbons (Fsp3) is 0.111. The maximum Gasteiger partial charge on any atom is 0.257 e. The van der Waals surface area contributed by atoms with Gasteiger partial charge < -0.3 is 10.1 Å². The van der Waals surface area contributed by atoms with E-state index < -0.39 is 11.7 Å². The highest BCUT2D eigenvalue weighted by molar-refractivity contribution is 6.14. The zero-order valence-electron chi connectivity index (χ0n) is 13.2. The van der Waals surface area contributed by atoms with Crippen LogP contribution in [0.5, 0.6) is 5.75 Å². The first-order chi connectivity index (χ1) is 11.5. The number of anilines is 1. The molecule has 3 rings (SSSR count). The van der Waals surface area contributed by atoms with E-state index in [4.69, 9.17) is 4.74 Å². The average Bonchev–Trinajstić information content (AvgIpc) is 2.94. The van der Waals surface area contributed by atoms with E-state index in [1.54, 1.807) is 24.3 Å². The lowest BCUT2D eigenvalue weighted by atomic mass is 10.1. The van der Waals surface area contributed by atoms with Crippen molar-refractivity contribution in [1.82, 2.24) is 4.57 Å². The van der Waals surface area contributed by atoms with Gasteiger partial charge in [-0.15, -0.1) is 0 Å². The van der Waals surface area contributed by atoms with Crippen LogP contribution in [0, 0.1) is 5.82 Å². The molecule has 5 nitrogen and oxygen atoms in total. The zero-order chi connectivity index (χ0) is 17.3. The van der Waals surface area contributed by atoms with Crippen LogP contribution in [0.2, 0.25) is 0 Å². The smallest absolute Gasteiger partial charge is 0.257 e. The summed E-state index contributed by atoms with van der Waals surface area (Å²) in [5, 5.41) is 3.25. The van der Waals surface area contributed by atoms with E-state index in [-0.39, 0.29) is 11.5 Å². The third kappa shape index (κ3) is 2.74. The second-order valence-corrected chi connectivity index (χ2v) is 5.25. The quantitative estimate of drug-likeness (QED) is 0.798. The minimum atomic E-state index is -0.472. The standard InChI is InChI=1S/C18H15FN2O3/c1-11(22)21-10-14(13-8-7-12(19)9-16(13)21)18(23)20-15-5-3-4-6-17(15)24-2/h3-10H,1-2H3,(H,20,23). The summed E-state index contributed by atoms with van der Waals surface area (Å²) in [5.74, 6) is -0.662. The van der Waals surface area contributed by atoms with Crippen LogP contribution in [-0.2, 0) is 0 Å². The molecule has 0 saturated carbocycles. The number of hydrogen-bond acceptors (Lipinski definition) is 3. The molecule has 1 heterocycles. The van der Waals surface area contributed by atoms with E-state index in [1.807, 2.05) is 0 Å². The maximum absolute atomic E-state index is 13.5. The topological polar surface area (TPSA) is 60.3 Å². The monoisotopic (exact) mass is 326 g/mol. The van der Waals surface area contributed by atoms with Gasteiger partial charge in [-0.3, -0.25) is 14.2 Å².